The molecule has 0 fully saturated rings. The van der Waals surface area contributed by atoms with Crippen LogP contribution in [0.4, 0.5) is 5.69 Å². The van der Waals surface area contributed by atoms with E-state index in [0.717, 1.165) is 38.8 Å². The van der Waals surface area contributed by atoms with Gasteiger partial charge in [-0.25, -0.2) is 4.98 Å². The molecule has 2 aromatic heterocycles. The zero-order valence-corrected chi connectivity index (χ0v) is 17.5. The van der Waals surface area contributed by atoms with Crippen LogP contribution in [-0.2, 0) is 4.79 Å². The number of imidazole rings is 1. The fourth-order valence-electron chi connectivity index (χ4n) is 3.17. The highest BCUT2D eigenvalue weighted by atomic mass is 32.1. The molecule has 0 aliphatic carbocycles. The molecule has 1 N–H and O–H groups in total. The number of anilines is 1. The van der Waals surface area contributed by atoms with Crippen LogP contribution >= 0.6 is 11.3 Å². The maximum atomic E-state index is 12.3. The number of hydrogen-bond acceptors (Lipinski definition) is 4. The number of nitrogens with one attached hydrogen (secondary N) is 1. The quantitative estimate of drug-likeness (QED) is 0.460. The smallest absolute Gasteiger partial charge is 0.262 e. The zero-order valence-electron chi connectivity index (χ0n) is 16.7. The number of ether oxygens (including phenoxy) is 1. The van der Waals surface area contributed by atoms with Crippen molar-refractivity contribution in [3.63, 3.8) is 0 Å². The summed E-state index contributed by atoms with van der Waals surface area (Å²) in [6, 6.07) is 13.8. The molecule has 6 heteroatoms. The first kappa shape index (κ1) is 19.2. The molecule has 0 aliphatic heterocycles. The number of aryl methyl sites for hydroxylation is 1. The number of amides is 1. The van der Waals surface area contributed by atoms with Crippen LogP contribution in [0.2, 0.25) is 0 Å². The summed E-state index contributed by atoms with van der Waals surface area (Å²) in [7, 11) is 0. The Morgan fingerprint density at radius 2 is 2.00 bits per heavy atom. The third kappa shape index (κ3) is 4.32. The van der Waals surface area contributed by atoms with Gasteiger partial charge in [-0.1, -0.05) is 38.1 Å². The van der Waals surface area contributed by atoms with Crippen LogP contribution in [0, 0.1) is 6.92 Å². The second-order valence-electron chi connectivity index (χ2n) is 7.33. The van der Waals surface area contributed by atoms with E-state index in [-0.39, 0.29) is 12.5 Å². The predicted octanol–water partition coefficient (Wildman–Crippen LogP) is 5.51. The van der Waals surface area contributed by atoms with Crippen LogP contribution in [0.3, 0.4) is 0 Å². The van der Waals surface area contributed by atoms with E-state index in [1.165, 1.54) is 0 Å². The minimum Gasteiger partial charge on any atom is -0.483 e. The van der Waals surface area contributed by atoms with Crippen LogP contribution in [0.15, 0.2) is 60.2 Å². The fourth-order valence-corrected chi connectivity index (χ4v) is 3.87. The van der Waals surface area contributed by atoms with Gasteiger partial charge in [0, 0.05) is 29.0 Å². The van der Waals surface area contributed by atoms with Crippen molar-refractivity contribution < 1.29 is 9.53 Å². The molecule has 148 valence electrons. The van der Waals surface area contributed by atoms with Gasteiger partial charge in [0.25, 0.3) is 5.91 Å². The summed E-state index contributed by atoms with van der Waals surface area (Å²) < 4.78 is 7.81. The molecule has 0 saturated carbocycles. The number of hydrogen-bond donors (Lipinski definition) is 1. The maximum absolute atomic E-state index is 12.3. The average Bonchev–Trinajstić information content (AvgIpc) is 3.29. The van der Waals surface area contributed by atoms with E-state index in [0.29, 0.717) is 5.92 Å². The number of fused-ring (bicyclic) bond motifs is 1. The summed E-state index contributed by atoms with van der Waals surface area (Å²) in [6.07, 6.45) is 3.99. The van der Waals surface area contributed by atoms with Crippen LogP contribution in [-0.4, -0.2) is 21.9 Å². The van der Waals surface area contributed by atoms with Crippen molar-refractivity contribution in [2.75, 3.05) is 11.9 Å². The lowest BCUT2D eigenvalue weighted by atomic mass is 10.0. The fraction of sp³-hybridized carbons (Fsp3) is 0.217. The zero-order chi connectivity index (χ0) is 20.4. The van der Waals surface area contributed by atoms with Crippen molar-refractivity contribution in [1.29, 1.82) is 0 Å². The van der Waals surface area contributed by atoms with Crippen molar-refractivity contribution >= 4 is 27.9 Å². The molecule has 0 spiro atoms. The van der Waals surface area contributed by atoms with E-state index in [9.17, 15) is 4.79 Å². The van der Waals surface area contributed by atoms with Crippen LogP contribution in [0.25, 0.3) is 16.2 Å². The number of carbonyl (C=O) groups excluding carboxylic acids is 1. The van der Waals surface area contributed by atoms with Crippen molar-refractivity contribution in [2.45, 2.75) is 26.7 Å². The molecule has 0 radical (unpaired) electrons. The van der Waals surface area contributed by atoms with Crippen LogP contribution in [0.1, 0.15) is 30.9 Å². The van der Waals surface area contributed by atoms with Crippen molar-refractivity contribution in [2.24, 2.45) is 0 Å². The average molecular weight is 406 g/mol. The Morgan fingerprint density at radius 3 is 2.72 bits per heavy atom. The molecular formula is C23H23N3O2S. The normalized spacial score (nSPS) is 11.2. The van der Waals surface area contributed by atoms with Gasteiger partial charge in [-0.2, -0.15) is 0 Å². The van der Waals surface area contributed by atoms with Crippen molar-refractivity contribution in [3.05, 3.63) is 71.4 Å². The molecular weight excluding hydrogens is 382 g/mol. The van der Waals surface area contributed by atoms with Gasteiger partial charge in [0.1, 0.15) is 5.75 Å². The first-order valence-corrected chi connectivity index (χ1v) is 10.4. The summed E-state index contributed by atoms with van der Waals surface area (Å²) in [5.41, 5.74) is 4.87. The molecule has 4 rings (SSSR count). The Morgan fingerprint density at radius 1 is 1.21 bits per heavy atom. The highest BCUT2D eigenvalue weighted by Crippen LogP contribution is 2.27. The van der Waals surface area contributed by atoms with Gasteiger partial charge >= 0.3 is 0 Å². The van der Waals surface area contributed by atoms with Gasteiger partial charge in [0.05, 0.1) is 5.69 Å². The van der Waals surface area contributed by atoms with E-state index in [4.69, 9.17) is 4.74 Å². The summed E-state index contributed by atoms with van der Waals surface area (Å²) >= 11 is 1.60. The molecule has 5 nitrogen and oxygen atoms in total. The van der Waals surface area contributed by atoms with Gasteiger partial charge < -0.3 is 10.1 Å². The summed E-state index contributed by atoms with van der Waals surface area (Å²) in [5.74, 6) is 0.918. The van der Waals surface area contributed by atoms with E-state index < -0.39 is 0 Å². The first-order chi connectivity index (χ1) is 14.0. The van der Waals surface area contributed by atoms with Crippen molar-refractivity contribution in [1.82, 2.24) is 9.38 Å². The van der Waals surface area contributed by atoms with Gasteiger partial charge in [-0.3, -0.25) is 9.20 Å². The number of rotatable bonds is 6. The van der Waals surface area contributed by atoms with Gasteiger partial charge in [0.15, 0.2) is 11.6 Å². The molecule has 0 unspecified atom stereocenters. The standard InChI is InChI=1S/C23H23N3O2S/c1-15(2)19-9-4-16(3)12-21(19)28-14-22(27)24-18-7-5-17(6-8-18)20-13-26-10-11-29-23(26)25-20/h4-13,15H,14H2,1-3H3,(H,24,27). The topological polar surface area (TPSA) is 55.6 Å². The largest absolute Gasteiger partial charge is 0.483 e. The molecule has 1 amide bonds. The van der Waals surface area contributed by atoms with Gasteiger partial charge in [-0.15, -0.1) is 11.3 Å². The summed E-state index contributed by atoms with van der Waals surface area (Å²) in [6.45, 7) is 6.22. The molecule has 2 aromatic carbocycles. The molecule has 2 heterocycles. The molecule has 4 aromatic rings. The lowest BCUT2D eigenvalue weighted by Crippen LogP contribution is -2.20. The third-order valence-corrected chi connectivity index (χ3v) is 5.48. The Bertz CT molecular complexity index is 1110. The van der Waals surface area contributed by atoms with E-state index >= 15 is 0 Å². The lowest BCUT2D eigenvalue weighted by Gasteiger charge is -2.15. The van der Waals surface area contributed by atoms with Gasteiger partial charge in [-0.05, 0) is 42.2 Å². The summed E-state index contributed by atoms with van der Waals surface area (Å²) in [5, 5.41) is 4.90. The lowest BCUT2D eigenvalue weighted by molar-refractivity contribution is -0.118. The highest BCUT2D eigenvalue weighted by molar-refractivity contribution is 7.15. The number of carbonyl (C=O) groups is 1. The SMILES string of the molecule is Cc1ccc(C(C)C)c(OCC(=O)Nc2ccc(-c3cn4ccsc4n3)cc2)c1. The number of aromatic nitrogens is 2. The highest BCUT2D eigenvalue weighted by Gasteiger charge is 2.11. The number of thiazole rings is 1. The van der Waals surface area contributed by atoms with E-state index in [2.05, 4.69) is 36.3 Å². The molecule has 0 saturated heterocycles. The monoisotopic (exact) mass is 405 g/mol. The predicted molar refractivity (Wildman–Crippen MR) is 118 cm³/mol. The minimum atomic E-state index is -0.184. The van der Waals surface area contributed by atoms with E-state index in [1.807, 2.05) is 59.4 Å². The Hall–Kier alpha value is -3.12. The summed E-state index contributed by atoms with van der Waals surface area (Å²) in [4.78, 5) is 17.9. The second-order valence-corrected chi connectivity index (χ2v) is 8.20. The maximum Gasteiger partial charge on any atom is 0.262 e. The molecule has 0 atom stereocenters. The molecule has 0 aliphatic rings. The van der Waals surface area contributed by atoms with Gasteiger partial charge in [0.2, 0.25) is 0 Å². The number of benzene rings is 2. The Labute approximate surface area is 174 Å². The first-order valence-electron chi connectivity index (χ1n) is 9.55. The molecule has 29 heavy (non-hydrogen) atoms. The van der Waals surface area contributed by atoms with E-state index in [1.54, 1.807) is 11.3 Å². The Kier molecular flexibility index (Phi) is 5.36. The van der Waals surface area contributed by atoms with Crippen molar-refractivity contribution in [3.8, 4) is 17.0 Å². The Balaban J connectivity index is 1.39. The minimum absolute atomic E-state index is 0.0255. The number of nitrogens with zero attached hydrogens (tertiary/aromatic N) is 2. The third-order valence-electron chi connectivity index (χ3n) is 4.71. The van der Waals surface area contributed by atoms with Crippen LogP contribution < -0.4 is 10.1 Å². The second kappa shape index (κ2) is 8.09. The molecule has 0 bridgehead atoms. The van der Waals surface area contributed by atoms with Crippen LogP contribution in [0.5, 0.6) is 5.75 Å².